The minimum absolute atomic E-state index is 0.0455. The summed E-state index contributed by atoms with van der Waals surface area (Å²) < 4.78 is 7.71. The number of ether oxygens (including phenoxy) is 1. The number of hydrogen-bond acceptors (Lipinski definition) is 5. The lowest BCUT2D eigenvalue weighted by molar-refractivity contribution is 0.131. The van der Waals surface area contributed by atoms with E-state index in [-0.39, 0.29) is 12.6 Å². The summed E-state index contributed by atoms with van der Waals surface area (Å²) in [6.07, 6.45) is -0.509. The van der Waals surface area contributed by atoms with Gasteiger partial charge in [0, 0.05) is 33.7 Å². The molecular weight excluding hydrogens is 441 g/mol. The summed E-state index contributed by atoms with van der Waals surface area (Å²) in [4.78, 5) is 0.848. The molecule has 8 heteroatoms. The molecule has 0 aliphatic heterocycles. The van der Waals surface area contributed by atoms with Crippen LogP contribution >= 0.6 is 35.0 Å². The van der Waals surface area contributed by atoms with E-state index < -0.39 is 6.10 Å². The summed E-state index contributed by atoms with van der Waals surface area (Å²) in [5.41, 5.74) is 2.62. The van der Waals surface area contributed by atoms with Crippen LogP contribution in [0.25, 0.3) is 0 Å². The van der Waals surface area contributed by atoms with Crippen molar-refractivity contribution in [2.45, 2.75) is 42.5 Å². The van der Waals surface area contributed by atoms with Crippen molar-refractivity contribution in [3.05, 3.63) is 74.9 Å². The minimum atomic E-state index is -0.509. The zero-order valence-electron chi connectivity index (χ0n) is 16.8. The first-order valence-electron chi connectivity index (χ1n) is 9.26. The summed E-state index contributed by atoms with van der Waals surface area (Å²) in [5, 5.41) is 25.9. The molecule has 3 aromatic rings. The van der Waals surface area contributed by atoms with Crippen LogP contribution in [0.1, 0.15) is 48.4 Å². The minimum Gasteiger partial charge on any atom is -0.390 e. The zero-order chi connectivity index (χ0) is 21.8. The molecule has 1 unspecified atom stereocenters. The lowest BCUT2D eigenvalue weighted by Gasteiger charge is -2.19. The molecule has 0 radical (unpaired) electrons. The van der Waals surface area contributed by atoms with Crippen molar-refractivity contribution < 1.29 is 9.84 Å². The molecular formula is C22H21Cl2N3O2S. The van der Waals surface area contributed by atoms with E-state index in [1.807, 2.05) is 42.8 Å². The topological polar surface area (TPSA) is 71.1 Å². The van der Waals surface area contributed by atoms with Gasteiger partial charge in [-0.15, -0.1) is 0 Å². The van der Waals surface area contributed by atoms with Crippen LogP contribution in [0.15, 0.2) is 52.4 Å². The van der Waals surface area contributed by atoms with Crippen LogP contribution in [0.4, 0.5) is 0 Å². The second kappa shape index (κ2) is 9.86. The highest BCUT2D eigenvalue weighted by atomic mass is 35.5. The van der Waals surface area contributed by atoms with Gasteiger partial charge in [-0.1, -0.05) is 47.1 Å². The van der Waals surface area contributed by atoms with Crippen molar-refractivity contribution in [2.24, 2.45) is 0 Å². The van der Waals surface area contributed by atoms with Crippen molar-refractivity contribution in [1.82, 2.24) is 9.78 Å². The van der Waals surface area contributed by atoms with Crippen molar-refractivity contribution in [3.63, 3.8) is 0 Å². The summed E-state index contributed by atoms with van der Waals surface area (Å²) >= 11 is 13.8. The van der Waals surface area contributed by atoms with Crippen molar-refractivity contribution in [3.8, 4) is 6.07 Å². The predicted octanol–water partition coefficient (Wildman–Crippen LogP) is 6.02. The van der Waals surface area contributed by atoms with Crippen LogP contribution in [0.5, 0.6) is 0 Å². The molecule has 1 atom stereocenters. The quantitative estimate of drug-likeness (QED) is 0.465. The van der Waals surface area contributed by atoms with Gasteiger partial charge in [-0.3, -0.25) is 4.68 Å². The number of aliphatic hydroxyl groups excluding tert-OH is 1. The van der Waals surface area contributed by atoms with E-state index in [2.05, 4.69) is 11.2 Å². The third kappa shape index (κ3) is 4.83. The molecule has 30 heavy (non-hydrogen) atoms. The fraction of sp³-hybridized carbons (Fsp3) is 0.273. The Labute approximate surface area is 190 Å². The number of nitrogens with zero attached hydrogens (tertiary/aromatic N) is 3. The summed E-state index contributed by atoms with van der Waals surface area (Å²) in [7, 11) is 1.60. The number of rotatable bonds is 7. The van der Waals surface area contributed by atoms with Crippen LogP contribution in [0.3, 0.4) is 0 Å². The molecule has 5 nitrogen and oxygen atoms in total. The normalized spacial score (nSPS) is 12.2. The Hall–Kier alpha value is -2.01. The Balaban J connectivity index is 2.19. The van der Waals surface area contributed by atoms with E-state index in [0.717, 1.165) is 21.0 Å². The zero-order valence-corrected chi connectivity index (χ0v) is 19.1. The van der Waals surface area contributed by atoms with Crippen LogP contribution in [-0.2, 0) is 11.3 Å². The Morgan fingerprint density at radius 2 is 1.90 bits per heavy atom. The average molecular weight is 462 g/mol. The van der Waals surface area contributed by atoms with Crippen molar-refractivity contribution in [2.75, 3.05) is 7.11 Å². The van der Waals surface area contributed by atoms with E-state index >= 15 is 0 Å². The molecule has 0 bridgehead atoms. The molecule has 0 amide bonds. The summed E-state index contributed by atoms with van der Waals surface area (Å²) in [5.74, 6) is 0. The van der Waals surface area contributed by atoms with Gasteiger partial charge in [-0.05, 0) is 49.7 Å². The third-order valence-electron chi connectivity index (χ3n) is 4.48. The molecule has 156 valence electrons. The van der Waals surface area contributed by atoms with Crippen LogP contribution in [-0.4, -0.2) is 22.0 Å². The maximum absolute atomic E-state index is 10.0. The standard InChI is InChI=1S/C22H21Cl2N3O2S/c1-13(2)27-22(30-18-9-16(23)8-17(24)10-18)20(19(12-28)26-27)21(29-3)15-6-4-5-14(7-15)11-25/h4-10,13,21,28H,12H2,1-3H3. The predicted molar refractivity (Wildman–Crippen MR) is 119 cm³/mol. The molecule has 1 N–H and O–H groups in total. The molecule has 1 aromatic heterocycles. The van der Waals surface area contributed by atoms with Crippen LogP contribution in [0.2, 0.25) is 10.0 Å². The van der Waals surface area contributed by atoms with Gasteiger partial charge in [0.25, 0.3) is 0 Å². The fourth-order valence-corrected chi connectivity index (χ4v) is 5.13. The van der Waals surface area contributed by atoms with E-state index in [1.54, 1.807) is 25.3 Å². The second-order valence-electron chi connectivity index (χ2n) is 6.92. The molecule has 0 saturated carbocycles. The van der Waals surface area contributed by atoms with Crippen molar-refractivity contribution >= 4 is 35.0 Å². The Kier molecular flexibility index (Phi) is 7.45. The summed E-state index contributed by atoms with van der Waals surface area (Å²) in [6, 6.07) is 14.8. The van der Waals surface area contributed by atoms with Gasteiger partial charge in [0.2, 0.25) is 0 Å². The molecule has 0 aliphatic carbocycles. The van der Waals surface area contributed by atoms with Gasteiger partial charge >= 0.3 is 0 Å². The first-order chi connectivity index (χ1) is 14.4. The Morgan fingerprint density at radius 3 is 2.47 bits per heavy atom. The van der Waals surface area contributed by atoms with E-state index in [4.69, 9.17) is 27.9 Å². The monoisotopic (exact) mass is 461 g/mol. The number of hydrogen-bond donors (Lipinski definition) is 1. The second-order valence-corrected chi connectivity index (χ2v) is 8.86. The maximum atomic E-state index is 10.0. The molecule has 0 aliphatic rings. The third-order valence-corrected chi connectivity index (χ3v) is 5.99. The number of halogens is 2. The van der Waals surface area contributed by atoms with Gasteiger partial charge in [0.15, 0.2) is 0 Å². The van der Waals surface area contributed by atoms with Crippen LogP contribution < -0.4 is 0 Å². The largest absolute Gasteiger partial charge is 0.390 e. The van der Waals surface area contributed by atoms with Gasteiger partial charge in [-0.2, -0.15) is 10.4 Å². The molecule has 1 heterocycles. The van der Waals surface area contributed by atoms with Crippen molar-refractivity contribution in [1.29, 1.82) is 5.26 Å². The highest BCUT2D eigenvalue weighted by Gasteiger charge is 2.28. The lowest BCUT2D eigenvalue weighted by Crippen LogP contribution is -2.08. The Bertz CT molecular complexity index is 1070. The van der Waals surface area contributed by atoms with Gasteiger partial charge in [0.1, 0.15) is 11.1 Å². The maximum Gasteiger partial charge on any atom is 0.112 e. The SMILES string of the molecule is COC(c1cccc(C#N)c1)c1c(CO)nn(C(C)C)c1Sc1cc(Cl)cc(Cl)c1. The molecule has 0 spiro atoms. The number of benzene rings is 2. The summed E-state index contributed by atoms with van der Waals surface area (Å²) in [6.45, 7) is 3.80. The number of aromatic nitrogens is 2. The van der Waals surface area contributed by atoms with Gasteiger partial charge < -0.3 is 9.84 Å². The smallest absolute Gasteiger partial charge is 0.112 e. The van der Waals surface area contributed by atoms with E-state index in [9.17, 15) is 10.4 Å². The van der Waals surface area contributed by atoms with E-state index in [0.29, 0.717) is 21.3 Å². The van der Waals surface area contributed by atoms with E-state index in [1.165, 1.54) is 11.8 Å². The average Bonchev–Trinajstić information content (AvgIpc) is 3.06. The lowest BCUT2D eigenvalue weighted by atomic mass is 10.00. The highest BCUT2D eigenvalue weighted by molar-refractivity contribution is 7.99. The number of methoxy groups -OCH3 is 1. The van der Waals surface area contributed by atoms with Gasteiger partial charge in [0.05, 0.1) is 23.9 Å². The first kappa shape index (κ1) is 22.7. The van der Waals surface area contributed by atoms with Gasteiger partial charge in [-0.25, -0.2) is 0 Å². The van der Waals surface area contributed by atoms with Crippen LogP contribution in [0, 0.1) is 11.3 Å². The number of nitriles is 1. The Morgan fingerprint density at radius 1 is 1.20 bits per heavy atom. The first-order valence-corrected chi connectivity index (χ1v) is 10.8. The molecule has 2 aromatic carbocycles. The number of aliphatic hydroxyl groups is 1. The molecule has 3 rings (SSSR count). The highest BCUT2D eigenvalue weighted by Crippen LogP contribution is 2.41. The molecule has 0 fully saturated rings. The fourth-order valence-electron chi connectivity index (χ4n) is 3.20. The molecule has 0 saturated heterocycles.